The van der Waals surface area contributed by atoms with Crippen LogP contribution in [0.4, 0.5) is 34.5 Å². The van der Waals surface area contributed by atoms with E-state index >= 15 is 0 Å². The van der Waals surface area contributed by atoms with Gasteiger partial charge in [0.1, 0.15) is 10.8 Å². The number of piperidine rings is 2. The molecule has 0 atom stereocenters. The summed E-state index contributed by atoms with van der Waals surface area (Å²) in [7, 11) is 1.70. The largest absolute Gasteiger partial charge is 0.495 e. The van der Waals surface area contributed by atoms with Gasteiger partial charge in [-0.1, -0.05) is 36.2 Å². The zero-order valence-electron chi connectivity index (χ0n) is 23.1. The van der Waals surface area contributed by atoms with Gasteiger partial charge < -0.3 is 30.5 Å². The molecule has 0 radical (unpaired) electrons. The highest BCUT2D eigenvalue weighted by molar-refractivity contribution is 6.34. The Morgan fingerprint density at radius 2 is 1.73 bits per heavy atom. The van der Waals surface area contributed by atoms with Gasteiger partial charge in [0.05, 0.1) is 29.7 Å². The van der Waals surface area contributed by atoms with Gasteiger partial charge in [0, 0.05) is 36.6 Å². The molecular formula is C30H35Cl2N7O2. The van der Waals surface area contributed by atoms with Crippen LogP contribution in [0.15, 0.2) is 55.3 Å². The van der Waals surface area contributed by atoms with Crippen molar-refractivity contribution in [2.75, 3.05) is 54.1 Å². The Morgan fingerprint density at radius 1 is 1.00 bits per heavy atom. The van der Waals surface area contributed by atoms with E-state index in [2.05, 4.69) is 48.4 Å². The lowest BCUT2D eigenvalue weighted by Gasteiger charge is -2.41. The molecule has 0 saturated carbocycles. The molecule has 0 bridgehead atoms. The fourth-order valence-electron chi connectivity index (χ4n) is 5.43. The average Bonchev–Trinajstić information content (AvgIpc) is 3.00. The number of methoxy groups -OCH3 is 1. The van der Waals surface area contributed by atoms with Crippen molar-refractivity contribution in [3.63, 3.8) is 0 Å². The summed E-state index contributed by atoms with van der Waals surface area (Å²) < 4.78 is 5.78. The minimum absolute atomic E-state index is 0.343. The van der Waals surface area contributed by atoms with Crippen molar-refractivity contribution >= 4 is 63.6 Å². The van der Waals surface area contributed by atoms with Crippen molar-refractivity contribution in [3.05, 3.63) is 65.3 Å². The number of anilines is 6. The highest BCUT2D eigenvalue weighted by Crippen LogP contribution is 2.35. The van der Waals surface area contributed by atoms with Crippen LogP contribution in [0.3, 0.4) is 0 Å². The lowest BCUT2D eigenvalue weighted by Crippen LogP contribution is -2.46. The van der Waals surface area contributed by atoms with Crippen LogP contribution in [-0.2, 0) is 4.79 Å². The lowest BCUT2D eigenvalue weighted by molar-refractivity contribution is -0.111. The normalized spacial score (nSPS) is 16.2. The summed E-state index contributed by atoms with van der Waals surface area (Å²) in [5.41, 5.74) is 3.02. The topological polar surface area (TPSA) is 94.6 Å². The second kappa shape index (κ2) is 13.4. The molecule has 0 aliphatic carbocycles. The third kappa shape index (κ3) is 7.22. The molecule has 2 aliphatic heterocycles. The summed E-state index contributed by atoms with van der Waals surface area (Å²) in [6, 6.07) is 11.9. The van der Waals surface area contributed by atoms with E-state index in [4.69, 9.17) is 27.9 Å². The van der Waals surface area contributed by atoms with Gasteiger partial charge in [0.25, 0.3) is 0 Å². The fraction of sp³-hybridized carbons (Fsp3) is 0.367. The Bertz CT molecular complexity index is 1390. The molecule has 0 unspecified atom stereocenters. The number of rotatable bonds is 9. The molecule has 11 heteroatoms. The van der Waals surface area contributed by atoms with Crippen LogP contribution in [-0.4, -0.2) is 60.1 Å². The number of nitrogens with zero attached hydrogens (tertiary/aromatic N) is 4. The fourth-order valence-corrected chi connectivity index (χ4v) is 5.80. The summed E-state index contributed by atoms with van der Waals surface area (Å²) >= 11 is 12.7. The molecule has 216 valence electrons. The van der Waals surface area contributed by atoms with Crippen LogP contribution in [0.25, 0.3) is 0 Å². The van der Waals surface area contributed by atoms with Crippen LogP contribution in [0.1, 0.15) is 32.1 Å². The van der Waals surface area contributed by atoms with Gasteiger partial charge in [-0.2, -0.15) is 4.98 Å². The molecule has 3 N–H and O–H groups in total. The first-order chi connectivity index (χ1) is 19.9. The SMILES string of the molecule is C=CC(=O)Nc1ccc(Nc2nc(Nc3ccc(N4CCC(N5CCCCC5)CC4)c(OC)c3)ncc2Cl)cc1Cl. The van der Waals surface area contributed by atoms with E-state index in [1.165, 1.54) is 57.5 Å². The first kappa shape index (κ1) is 29.0. The van der Waals surface area contributed by atoms with Gasteiger partial charge in [0.2, 0.25) is 11.9 Å². The van der Waals surface area contributed by atoms with Crippen molar-refractivity contribution in [1.29, 1.82) is 0 Å². The summed E-state index contributed by atoms with van der Waals surface area (Å²) in [6.45, 7) is 7.97. The second-order valence-corrected chi connectivity index (χ2v) is 11.0. The number of halogens is 2. The molecule has 3 aromatic rings. The van der Waals surface area contributed by atoms with E-state index in [-0.39, 0.29) is 5.91 Å². The van der Waals surface area contributed by atoms with E-state index in [1.54, 1.807) is 25.3 Å². The van der Waals surface area contributed by atoms with E-state index < -0.39 is 0 Å². The zero-order chi connectivity index (χ0) is 28.8. The molecule has 5 rings (SSSR count). The maximum atomic E-state index is 11.6. The van der Waals surface area contributed by atoms with E-state index in [9.17, 15) is 4.79 Å². The standard InChI is InChI=1S/C30H35Cl2N7O2/c1-3-28(40)36-25-9-7-20(17-23(25)31)34-29-24(32)19-33-30(37-29)35-21-8-10-26(27(18-21)41-2)39-15-11-22(12-16-39)38-13-5-4-6-14-38/h3,7-10,17-19,22H,1,4-6,11-16H2,2H3,(H,36,40)(H2,33,34,35,37). The first-order valence-corrected chi connectivity index (χ1v) is 14.7. The second-order valence-electron chi connectivity index (χ2n) is 10.2. The van der Waals surface area contributed by atoms with E-state index in [0.717, 1.165) is 30.2 Å². The Hall–Kier alpha value is -3.53. The molecule has 2 fully saturated rings. The van der Waals surface area contributed by atoms with Gasteiger partial charge in [-0.05, 0) is 75.2 Å². The van der Waals surface area contributed by atoms with Crippen LogP contribution in [0, 0.1) is 0 Å². The number of likely N-dealkylation sites (tertiary alicyclic amines) is 1. The molecule has 9 nitrogen and oxygen atoms in total. The van der Waals surface area contributed by atoms with Crippen LogP contribution in [0.2, 0.25) is 10.0 Å². The molecule has 2 aromatic carbocycles. The quantitative estimate of drug-likeness (QED) is 0.231. The Balaban J connectivity index is 1.24. The maximum absolute atomic E-state index is 11.6. The number of hydrogen-bond donors (Lipinski definition) is 3. The number of benzene rings is 2. The summed E-state index contributed by atoms with van der Waals surface area (Å²) in [5, 5.41) is 9.77. The zero-order valence-corrected chi connectivity index (χ0v) is 24.6. The van der Waals surface area contributed by atoms with E-state index in [1.807, 2.05) is 12.1 Å². The Morgan fingerprint density at radius 3 is 2.44 bits per heavy atom. The molecule has 3 heterocycles. The van der Waals surface area contributed by atoms with Crippen molar-refractivity contribution in [2.45, 2.75) is 38.1 Å². The number of aromatic nitrogens is 2. The third-order valence-electron chi connectivity index (χ3n) is 7.57. The van der Waals surface area contributed by atoms with Crippen molar-refractivity contribution < 1.29 is 9.53 Å². The maximum Gasteiger partial charge on any atom is 0.247 e. The Labute approximate surface area is 250 Å². The minimum Gasteiger partial charge on any atom is -0.495 e. The summed E-state index contributed by atoms with van der Waals surface area (Å²) in [5.74, 6) is 1.24. The molecular weight excluding hydrogens is 561 g/mol. The highest BCUT2D eigenvalue weighted by Gasteiger charge is 2.27. The smallest absolute Gasteiger partial charge is 0.247 e. The first-order valence-electron chi connectivity index (χ1n) is 13.9. The molecule has 1 amide bonds. The molecule has 1 aromatic heterocycles. The van der Waals surface area contributed by atoms with Gasteiger partial charge in [-0.15, -0.1) is 0 Å². The number of nitrogens with one attached hydrogen (secondary N) is 3. The third-order valence-corrected chi connectivity index (χ3v) is 8.16. The number of carbonyl (C=O) groups is 1. The predicted molar refractivity (Wildman–Crippen MR) is 168 cm³/mol. The van der Waals surface area contributed by atoms with Gasteiger partial charge in [-0.3, -0.25) is 4.79 Å². The van der Waals surface area contributed by atoms with Crippen molar-refractivity contribution in [2.24, 2.45) is 0 Å². The van der Waals surface area contributed by atoms with Gasteiger partial charge >= 0.3 is 0 Å². The minimum atomic E-state index is -0.343. The number of carbonyl (C=O) groups excluding carboxylic acids is 1. The van der Waals surface area contributed by atoms with E-state index in [0.29, 0.717) is 39.2 Å². The predicted octanol–water partition coefficient (Wildman–Crippen LogP) is 6.86. The molecule has 2 saturated heterocycles. The van der Waals surface area contributed by atoms with Crippen LogP contribution >= 0.6 is 23.2 Å². The molecule has 2 aliphatic rings. The number of hydrogen-bond acceptors (Lipinski definition) is 8. The Kier molecular flexibility index (Phi) is 9.49. The molecule has 0 spiro atoms. The summed E-state index contributed by atoms with van der Waals surface area (Å²) in [6.07, 6.45) is 9.08. The van der Waals surface area contributed by atoms with Crippen LogP contribution < -0.4 is 25.6 Å². The summed E-state index contributed by atoms with van der Waals surface area (Å²) in [4.78, 5) is 25.6. The van der Waals surface area contributed by atoms with Crippen molar-refractivity contribution in [3.8, 4) is 5.75 Å². The van der Waals surface area contributed by atoms with Gasteiger partial charge in [-0.25, -0.2) is 4.98 Å². The monoisotopic (exact) mass is 595 g/mol. The number of amides is 1. The van der Waals surface area contributed by atoms with Crippen LogP contribution in [0.5, 0.6) is 5.75 Å². The number of ether oxygens (including phenoxy) is 1. The highest BCUT2D eigenvalue weighted by atomic mass is 35.5. The van der Waals surface area contributed by atoms with Gasteiger partial charge in [0.15, 0.2) is 5.82 Å². The van der Waals surface area contributed by atoms with Crippen molar-refractivity contribution in [1.82, 2.24) is 14.9 Å². The lowest BCUT2D eigenvalue weighted by atomic mass is 9.99. The average molecular weight is 597 g/mol. The molecule has 41 heavy (non-hydrogen) atoms.